The number of carbonyl (C=O) groups is 2. The third-order valence-electron chi connectivity index (χ3n) is 2.07. The van der Waals surface area contributed by atoms with Gasteiger partial charge >= 0.3 is 11.9 Å². The van der Waals surface area contributed by atoms with Crippen molar-refractivity contribution < 1.29 is 19.1 Å². The Morgan fingerprint density at radius 1 is 1.27 bits per heavy atom. The van der Waals surface area contributed by atoms with E-state index >= 15 is 0 Å². The molecule has 0 saturated heterocycles. The van der Waals surface area contributed by atoms with Gasteiger partial charge in [-0.25, -0.2) is 4.79 Å². The maximum atomic E-state index is 11.5. The number of rotatable bonds is 6. The molecule has 0 fully saturated rings. The molecular weight excluding hydrogens is 196 g/mol. The molecule has 0 aromatic heterocycles. The van der Waals surface area contributed by atoms with E-state index in [0.717, 1.165) is 12.8 Å². The maximum absolute atomic E-state index is 11.5. The van der Waals surface area contributed by atoms with Crippen LogP contribution in [0.2, 0.25) is 0 Å². The van der Waals surface area contributed by atoms with Crippen molar-refractivity contribution in [1.82, 2.24) is 0 Å². The van der Waals surface area contributed by atoms with Gasteiger partial charge < -0.3 is 9.47 Å². The first-order valence-electron chi connectivity index (χ1n) is 5.36. The molecule has 0 aromatic carbocycles. The summed E-state index contributed by atoms with van der Waals surface area (Å²) in [6, 6.07) is 0. The summed E-state index contributed by atoms with van der Waals surface area (Å²) in [5, 5.41) is 0. The Bertz CT molecular complexity index is 213. The van der Waals surface area contributed by atoms with E-state index in [-0.39, 0.29) is 5.92 Å². The van der Waals surface area contributed by atoms with Gasteiger partial charge in [0.2, 0.25) is 6.10 Å². The van der Waals surface area contributed by atoms with Crippen LogP contribution in [-0.2, 0) is 19.1 Å². The highest BCUT2D eigenvalue weighted by Crippen LogP contribution is 2.15. The molecule has 0 saturated carbocycles. The van der Waals surface area contributed by atoms with Crippen LogP contribution in [0.15, 0.2) is 0 Å². The molecule has 4 heteroatoms. The second-order valence-corrected chi connectivity index (χ2v) is 3.55. The molecule has 88 valence electrons. The fourth-order valence-corrected chi connectivity index (χ4v) is 1.41. The SMILES string of the molecule is CCCC(C)C(OC(C)=O)C(=O)OCC. The van der Waals surface area contributed by atoms with Crippen molar-refractivity contribution in [2.45, 2.75) is 46.6 Å². The highest BCUT2D eigenvalue weighted by atomic mass is 16.6. The van der Waals surface area contributed by atoms with Crippen LogP contribution in [0.4, 0.5) is 0 Å². The Labute approximate surface area is 90.9 Å². The zero-order valence-corrected chi connectivity index (χ0v) is 9.91. The summed E-state index contributed by atoms with van der Waals surface area (Å²) in [4.78, 5) is 22.3. The Balaban J connectivity index is 4.41. The van der Waals surface area contributed by atoms with Crippen LogP contribution >= 0.6 is 0 Å². The summed E-state index contributed by atoms with van der Waals surface area (Å²) in [6.07, 6.45) is 1.01. The highest BCUT2D eigenvalue weighted by Gasteiger charge is 2.28. The van der Waals surface area contributed by atoms with Gasteiger partial charge in [0.05, 0.1) is 6.61 Å². The summed E-state index contributed by atoms with van der Waals surface area (Å²) < 4.78 is 9.82. The molecule has 0 aliphatic carbocycles. The number of hydrogen-bond acceptors (Lipinski definition) is 4. The third-order valence-corrected chi connectivity index (χ3v) is 2.07. The van der Waals surface area contributed by atoms with E-state index in [2.05, 4.69) is 0 Å². The van der Waals surface area contributed by atoms with Gasteiger partial charge in [-0.15, -0.1) is 0 Å². The molecule has 4 nitrogen and oxygen atoms in total. The molecule has 0 heterocycles. The fourth-order valence-electron chi connectivity index (χ4n) is 1.41. The van der Waals surface area contributed by atoms with Crippen LogP contribution in [0.3, 0.4) is 0 Å². The Morgan fingerprint density at radius 2 is 1.87 bits per heavy atom. The number of ether oxygens (including phenoxy) is 2. The Kier molecular flexibility index (Phi) is 6.75. The molecule has 2 unspecified atom stereocenters. The molecule has 0 N–H and O–H groups in total. The number of carbonyl (C=O) groups excluding carboxylic acids is 2. The largest absolute Gasteiger partial charge is 0.463 e. The van der Waals surface area contributed by atoms with Crippen molar-refractivity contribution in [3.63, 3.8) is 0 Å². The second-order valence-electron chi connectivity index (χ2n) is 3.55. The number of esters is 2. The van der Waals surface area contributed by atoms with Gasteiger partial charge in [0.25, 0.3) is 0 Å². The van der Waals surface area contributed by atoms with Gasteiger partial charge in [-0.1, -0.05) is 20.3 Å². The minimum atomic E-state index is -0.762. The van der Waals surface area contributed by atoms with Gasteiger partial charge in [-0.05, 0) is 13.3 Å². The maximum Gasteiger partial charge on any atom is 0.347 e. The van der Waals surface area contributed by atoms with Crippen molar-refractivity contribution in [2.75, 3.05) is 6.61 Å². The van der Waals surface area contributed by atoms with Crippen molar-refractivity contribution in [3.8, 4) is 0 Å². The lowest BCUT2D eigenvalue weighted by Crippen LogP contribution is -2.34. The predicted molar refractivity (Wildman–Crippen MR) is 56.3 cm³/mol. The minimum Gasteiger partial charge on any atom is -0.463 e. The summed E-state index contributed by atoms with van der Waals surface area (Å²) in [5.74, 6) is -0.900. The van der Waals surface area contributed by atoms with Crippen molar-refractivity contribution in [2.24, 2.45) is 5.92 Å². The van der Waals surface area contributed by atoms with Crippen LogP contribution in [0.5, 0.6) is 0 Å². The Morgan fingerprint density at radius 3 is 2.27 bits per heavy atom. The van der Waals surface area contributed by atoms with Crippen molar-refractivity contribution in [3.05, 3.63) is 0 Å². The summed E-state index contributed by atoms with van der Waals surface area (Å²) in [5.41, 5.74) is 0. The second kappa shape index (κ2) is 7.26. The minimum absolute atomic E-state index is 0.00190. The molecule has 0 radical (unpaired) electrons. The fraction of sp³-hybridized carbons (Fsp3) is 0.818. The molecule has 0 aliphatic heterocycles. The molecule has 0 aromatic rings. The molecule has 2 atom stereocenters. The van der Waals surface area contributed by atoms with E-state index in [4.69, 9.17) is 9.47 Å². The monoisotopic (exact) mass is 216 g/mol. The average Bonchev–Trinajstić information content (AvgIpc) is 2.14. The van der Waals surface area contributed by atoms with E-state index in [1.165, 1.54) is 6.92 Å². The lowest BCUT2D eigenvalue weighted by molar-refractivity contribution is -0.170. The molecule has 0 amide bonds. The van der Waals surface area contributed by atoms with Crippen LogP contribution in [0.1, 0.15) is 40.5 Å². The van der Waals surface area contributed by atoms with Crippen LogP contribution in [-0.4, -0.2) is 24.6 Å². The quantitative estimate of drug-likeness (QED) is 0.636. The van der Waals surface area contributed by atoms with Gasteiger partial charge in [-0.2, -0.15) is 0 Å². The zero-order chi connectivity index (χ0) is 11.8. The topological polar surface area (TPSA) is 52.6 Å². The molecule has 0 bridgehead atoms. The van der Waals surface area contributed by atoms with E-state index in [1.54, 1.807) is 6.92 Å². The van der Waals surface area contributed by atoms with Gasteiger partial charge in [-0.3, -0.25) is 4.79 Å². The highest BCUT2D eigenvalue weighted by molar-refractivity contribution is 5.78. The predicted octanol–water partition coefficient (Wildman–Crippen LogP) is 1.92. The first-order chi connectivity index (χ1) is 7.02. The third kappa shape index (κ3) is 5.40. The smallest absolute Gasteiger partial charge is 0.347 e. The van der Waals surface area contributed by atoms with Crippen LogP contribution < -0.4 is 0 Å². The molecule has 15 heavy (non-hydrogen) atoms. The zero-order valence-electron chi connectivity index (χ0n) is 9.91. The lowest BCUT2D eigenvalue weighted by Gasteiger charge is -2.21. The molecular formula is C11H20O4. The molecule has 0 rings (SSSR count). The van der Waals surface area contributed by atoms with Gasteiger partial charge in [0.15, 0.2) is 0 Å². The first-order valence-corrected chi connectivity index (χ1v) is 5.36. The van der Waals surface area contributed by atoms with E-state index in [1.807, 2.05) is 13.8 Å². The number of hydrogen-bond donors (Lipinski definition) is 0. The van der Waals surface area contributed by atoms with E-state index < -0.39 is 18.0 Å². The van der Waals surface area contributed by atoms with Crippen molar-refractivity contribution >= 4 is 11.9 Å². The van der Waals surface area contributed by atoms with Crippen LogP contribution in [0.25, 0.3) is 0 Å². The normalized spacial score (nSPS) is 14.1. The summed E-state index contributed by atoms with van der Waals surface area (Å²) in [7, 11) is 0. The summed E-state index contributed by atoms with van der Waals surface area (Å²) in [6.45, 7) is 7.23. The van der Waals surface area contributed by atoms with Crippen molar-refractivity contribution in [1.29, 1.82) is 0 Å². The summed E-state index contributed by atoms with van der Waals surface area (Å²) >= 11 is 0. The lowest BCUT2D eigenvalue weighted by atomic mass is 9.99. The van der Waals surface area contributed by atoms with E-state index in [9.17, 15) is 9.59 Å². The average molecular weight is 216 g/mol. The Hall–Kier alpha value is -1.06. The van der Waals surface area contributed by atoms with E-state index in [0.29, 0.717) is 6.61 Å². The van der Waals surface area contributed by atoms with Crippen LogP contribution in [0, 0.1) is 5.92 Å². The standard InChI is InChI=1S/C11H20O4/c1-5-7-8(3)10(15-9(4)12)11(13)14-6-2/h8,10H,5-7H2,1-4H3. The molecule has 0 spiro atoms. The van der Waals surface area contributed by atoms with Gasteiger partial charge in [0, 0.05) is 12.8 Å². The molecule has 0 aliphatic rings. The first kappa shape index (κ1) is 13.9. The van der Waals surface area contributed by atoms with Gasteiger partial charge in [0.1, 0.15) is 0 Å².